The highest BCUT2D eigenvalue weighted by Gasteiger charge is 2.44. The number of anilines is 1. The lowest BCUT2D eigenvalue weighted by molar-refractivity contribution is -0.199. The summed E-state index contributed by atoms with van der Waals surface area (Å²) in [4.78, 5) is 19.1. The first-order valence-corrected chi connectivity index (χ1v) is 8.96. The largest absolute Gasteiger partial charge is 0.493 e. The maximum Gasteiger partial charge on any atom is 0.493 e. The van der Waals surface area contributed by atoms with Gasteiger partial charge in [-0.15, -0.1) is 4.99 Å². The number of carbonyl (C=O) groups is 1. The monoisotopic (exact) mass is 492 g/mol. The molecule has 1 heterocycles. The third-order valence-electron chi connectivity index (χ3n) is 3.52. The van der Waals surface area contributed by atoms with Crippen molar-refractivity contribution in [1.82, 2.24) is 20.9 Å². The fourth-order valence-electron chi connectivity index (χ4n) is 2.11. The van der Waals surface area contributed by atoms with Crippen LogP contribution < -0.4 is 15.7 Å². The van der Waals surface area contributed by atoms with Crippen LogP contribution in [-0.2, 0) is 16.2 Å². The van der Waals surface area contributed by atoms with Crippen molar-refractivity contribution in [1.29, 1.82) is 10.7 Å². The van der Waals surface area contributed by atoms with Gasteiger partial charge in [-0.05, 0) is 23.4 Å². The summed E-state index contributed by atoms with van der Waals surface area (Å²) >= 11 is 5.65. The van der Waals surface area contributed by atoms with Gasteiger partial charge in [0, 0.05) is 6.54 Å². The van der Waals surface area contributed by atoms with Gasteiger partial charge < -0.3 is 20.6 Å². The maximum atomic E-state index is 13.5. The predicted molar refractivity (Wildman–Crippen MR) is 102 cm³/mol. The number of nitrogens with one attached hydrogen (secondary N) is 3. The highest BCUT2D eigenvalue weighted by atomic mass is 35.5. The minimum atomic E-state index is -5.42. The third-order valence-corrected chi connectivity index (χ3v) is 3.81. The highest BCUT2D eigenvalue weighted by molar-refractivity contribution is 6.31. The van der Waals surface area contributed by atoms with Gasteiger partial charge >= 0.3 is 12.1 Å². The number of rotatable bonds is 6. The topological polar surface area (TPSA) is 173 Å². The second-order valence-corrected chi connectivity index (χ2v) is 6.15. The molecule has 12 nitrogen and oxygen atoms in total. The number of hydrogen-bond donors (Lipinski definition) is 4. The fraction of sp³-hybridized carbons (Fsp3) is 0.250. The second-order valence-electron chi connectivity index (χ2n) is 5.74. The Bertz CT molecular complexity index is 1090. The standard InChI is InChI=1S/C16H13ClF4N8O4/c17-9-5-8(1-2-10(9)18)29(32-14(31)16(19,20)21)13(23)12-11(27-33-28-12)6-25-15(26-7-22)24-3-4-30/h1-2,5,23,30H,3-4,6H2,(H2,24,25,26). The molecule has 0 spiro atoms. The normalized spacial score (nSPS) is 11.5. The van der Waals surface area contributed by atoms with Crippen LogP contribution in [0.25, 0.3) is 0 Å². The first-order valence-electron chi connectivity index (χ1n) is 8.58. The van der Waals surface area contributed by atoms with E-state index in [9.17, 15) is 22.4 Å². The zero-order chi connectivity index (χ0) is 24.6. The number of nitriles is 1. The average molecular weight is 493 g/mol. The van der Waals surface area contributed by atoms with E-state index in [0.717, 1.165) is 18.2 Å². The summed E-state index contributed by atoms with van der Waals surface area (Å²) in [5, 5.41) is 37.4. The van der Waals surface area contributed by atoms with E-state index in [1.54, 1.807) is 0 Å². The van der Waals surface area contributed by atoms with E-state index in [0.29, 0.717) is 0 Å². The Balaban J connectivity index is 2.34. The van der Waals surface area contributed by atoms with E-state index < -0.39 is 40.2 Å². The van der Waals surface area contributed by atoms with Gasteiger partial charge in [0.05, 0.1) is 23.9 Å². The molecule has 4 N–H and O–H groups in total. The van der Waals surface area contributed by atoms with Crippen LogP contribution in [0.1, 0.15) is 11.4 Å². The number of amidine groups is 1. The highest BCUT2D eigenvalue weighted by Crippen LogP contribution is 2.27. The summed E-state index contributed by atoms with van der Waals surface area (Å²) in [6, 6.07) is 2.50. The molecule has 0 saturated heterocycles. The molecule has 0 aliphatic rings. The van der Waals surface area contributed by atoms with Crippen LogP contribution in [0.2, 0.25) is 5.02 Å². The van der Waals surface area contributed by atoms with E-state index in [2.05, 4.69) is 35.4 Å². The molecule has 0 aliphatic heterocycles. The van der Waals surface area contributed by atoms with Crippen LogP contribution in [-0.4, -0.2) is 52.5 Å². The minimum absolute atomic E-state index is 0.0275. The number of guanidine groups is 1. The van der Waals surface area contributed by atoms with Crippen molar-refractivity contribution >= 4 is 35.1 Å². The fourth-order valence-corrected chi connectivity index (χ4v) is 2.28. The van der Waals surface area contributed by atoms with E-state index in [1.807, 2.05) is 0 Å². The van der Waals surface area contributed by atoms with E-state index in [1.165, 1.54) is 6.19 Å². The molecule has 2 aromatic rings. The predicted octanol–water partition coefficient (Wildman–Crippen LogP) is 1.22. The number of halogens is 5. The van der Waals surface area contributed by atoms with Crippen LogP contribution in [0.15, 0.2) is 27.8 Å². The van der Waals surface area contributed by atoms with Crippen molar-refractivity contribution in [3.63, 3.8) is 0 Å². The van der Waals surface area contributed by atoms with E-state index in [4.69, 9.17) is 27.4 Å². The average Bonchev–Trinajstić information content (AvgIpc) is 3.23. The van der Waals surface area contributed by atoms with Gasteiger partial charge in [0.1, 0.15) is 11.5 Å². The maximum absolute atomic E-state index is 13.5. The summed E-state index contributed by atoms with van der Waals surface area (Å²) in [5.74, 6) is -4.64. The molecular weight excluding hydrogens is 480 g/mol. The molecule has 0 fully saturated rings. The Morgan fingerprint density at radius 2 is 2.12 bits per heavy atom. The molecule has 0 radical (unpaired) electrons. The second kappa shape index (κ2) is 11.1. The summed E-state index contributed by atoms with van der Waals surface area (Å²) in [6.45, 7) is -0.571. The Kier molecular flexibility index (Phi) is 8.48. The minimum Gasteiger partial charge on any atom is -0.395 e. The van der Waals surface area contributed by atoms with Gasteiger partial charge in [0.25, 0.3) is 0 Å². The summed E-state index contributed by atoms with van der Waals surface area (Å²) < 4.78 is 56.3. The summed E-state index contributed by atoms with van der Waals surface area (Å²) in [5.41, 5.74) is -1.06. The molecule has 0 aliphatic carbocycles. The van der Waals surface area contributed by atoms with E-state index >= 15 is 0 Å². The molecule has 17 heteroatoms. The number of nitrogens with zero attached hydrogens (tertiary/aromatic N) is 5. The number of aliphatic imine (C=N–C) groups is 1. The number of carbonyl (C=O) groups excluding carboxylic acids is 1. The van der Waals surface area contributed by atoms with Gasteiger partial charge in [-0.3, -0.25) is 5.41 Å². The number of aliphatic hydroxyl groups is 1. The molecule has 0 bridgehead atoms. The number of aliphatic hydroxyl groups excluding tert-OH is 1. The Morgan fingerprint density at radius 1 is 1.39 bits per heavy atom. The number of benzene rings is 1. The van der Waals surface area contributed by atoms with Crippen molar-refractivity contribution in [2.45, 2.75) is 12.7 Å². The molecule has 1 aromatic carbocycles. The molecule has 0 saturated carbocycles. The Hall–Kier alpha value is -3.97. The van der Waals surface area contributed by atoms with Gasteiger partial charge in [-0.25, -0.2) is 13.8 Å². The number of hydrogen-bond acceptors (Lipinski definition) is 9. The Morgan fingerprint density at radius 3 is 2.73 bits per heavy atom. The summed E-state index contributed by atoms with van der Waals surface area (Å²) in [6.07, 6.45) is -3.93. The van der Waals surface area contributed by atoms with Crippen molar-refractivity contribution in [2.24, 2.45) is 4.99 Å². The first kappa shape index (κ1) is 25.3. The molecule has 0 amide bonds. The molecular formula is C16H13ClF4N8O4. The van der Waals surface area contributed by atoms with Crippen LogP contribution >= 0.6 is 11.6 Å². The lowest BCUT2D eigenvalue weighted by Gasteiger charge is -2.23. The molecule has 176 valence electrons. The molecule has 33 heavy (non-hydrogen) atoms. The van der Waals surface area contributed by atoms with Crippen molar-refractivity contribution in [3.8, 4) is 6.19 Å². The zero-order valence-corrected chi connectivity index (χ0v) is 16.9. The number of aromatic nitrogens is 2. The molecule has 2 rings (SSSR count). The van der Waals surface area contributed by atoms with Gasteiger partial charge in [0.15, 0.2) is 11.5 Å². The Labute approximate surface area is 186 Å². The van der Waals surface area contributed by atoms with Crippen LogP contribution in [0.5, 0.6) is 0 Å². The van der Waals surface area contributed by atoms with Crippen molar-refractivity contribution in [2.75, 3.05) is 18.2 Å². The van der Waals surface area contributed by atoms with Crippen molar-refractivity contribution < 1.29 is 36.9 Å². The number of hydroxylamine groups is 1. The third kappa shape index (κ3) is 6.75. The lowest BCUT2D eigenvalue weighted by atomic mass is 10.2. The van der Waals surface area contributed by atoms with Gasteiger partial charge in [0.2, 0.25) is 12.2 Å². The van der Waals surface area contributed by atoms with Gasteiger partial charge in [-0.1, -0.05) is 16.8 Å². The first-order chi connectivity index (χ1) is 15.6. The van der Waals surface area contributed by atoms with Gasteiger partial charge in [-0.2, -0.15) is 23.5 Å². The lowest BCUT2D eigenvalue weighted by Crippen LogP contribution is -2.40. The smallest absolute Gasteiger partial charge is 0.395 e. The molecule has 1 aromatic heterocycles. The SMILES string of the molecule is N#C/N=C(/NCCO)NCc1nonc1C(=N)N(OC(=O)C(F)(F)F)c1ccc(F)c(Cl)c1. The summed E-state index contributed by atoms with van der Waals surface area (Å²) in [7, 11) is 0. The van der Waals surface area contributed by atoms with E-state index in [-0.39, 0.29) is 36.4 Å². The zero-order valence-electron chi connectivity index (χ0n) is 16.2. The molecule has 0 unspecified atom stereocenters. The van der Waals surface area contributed by atoms with Crippen LogP contribution in [0, 0.1) is 22.7 Å². The quantitative estimate of drug-likeness (QED) is 0.151. The molecule has 0 atom stereocenters. The number of alkyl halides is 3. The van der Waals surface area contributed by atoms with Crippen LogP contribution in [0.3, 0.4) is 0 Å². The van der Waals surface area contributed by atoms with Crippen molar-refractivity contribution in [3.05, 3.63) is 40.4 Å². The van der Waals surface area contributed by atoms with Crippen LogP contribution in [0.4, 0.5) is 23.2 Å².